The molecule has 0 unspecified atom stereocenters. The number of rotatable bonds is 4. The molecular formula is C16H17N3O3S. The number of hydrogen-bond donors (Lipinski definition) is 1. The molecule has 0 amide bonds. The topological polar surface area (TPSA) is 75.5 Å². The van der Waals surface area contributed by atoms with Gasteiger partial charge in [0.15, 0.2) is 0 Å². The summed E-state index contributed by atoms with van der Waals surface area (Å²) in [7, 11) is 1.62. The molecule has 2 aromatic rings. The Labute approximate surface area is 138 Å². The zero-order valence-electron chi connectivity index (χ0n) is 12.7. The van der Waals surface area contributed by atoms with Crippen molar-refractivity contribution in [1.29, 1.82) is 0 Å². The van der Waals surface area contributed by atoms with Crippen LogP contribution in [-0.2, 0) is 13.1 Å². The van der Waals surface area contributed by atoms with Crippen molar-refractivity contribution in [3.63, 3.8) is 0 Å². The molecule has 0 saturated carbocycles. The van der Waals surface area contributed by atoms with Gasteiger partial charge in [-0.2, -0.15) is 0 Å². The minimum absolute atomic E-state index is 0.0666. The first kappa shape index (κ1) is 15.8. The first-order valence-electron chi connectivity index (χ1n) is 7.23. The van der Waals surface area contributed by atoms with Crippen molar-refractivity contribution in [3.05, 3.63) is 47.4 Å². The number of carboxylic acid groups (broad SMARTS) is 1. The fraction of sp³-hybridized carbons (Fsp3) is 0.312. The standard InChI is InChI=1S/C16H17N3O3S/c1-22-15-5-4-14-13(18-15)10-19(6-7-23-14)9-11-2-3-12(16(20)21)17-8-11/h2-5,8H,6-7,9-10H2,1H3,(H,20,21). The maximum Gasteiger partial charge on any atom is 0.354 e. The molecule has 0 fully saturated rings. The smallest absolute Gasteiger partial charge is 0.354 e. The van der Waals surface area contributed by atoms with Gasteiger partial charge in [0, 0.05) is 42.5 Å². The molecule has 0 saturated heterocycles. The normalized spacial score (nSPS) is 14.8. The molecule has 120 valence electrons. The number of carbonyl (C=O) groups is 1. The van der Waals surface area contributed by atoms with E-state index in [-0.39, 0.29) is 5.69 Å². The van der Waals surface area contributed by atoms with Gasteiger partial charge in [0.05, 0.1) is 12.8 Å². The summed E-state index contributed by atoms with van der Waals surface area (Å²) in [6.45, 7) is 2.38. The van der Waals surface area contributed by atoms with E-state index < -0.39 is 5.97 Å². The highest BCUT2D eigenvalue weighted by Crippen LogP contribution is 2.28. The molecule has 3 rings (SSSR count). The van der Waals surface area contributed by atoms with Gasteiger partial charge in [-0.1, -0.05) is 6.07 Å². The molecule has 0 atom stereocenters. The van der Waals surface area contributed by atoms with Gasteiger partial charge in [0.2, 0.25) is 5.88 Å². The number of pyridine rings is 2. The van der Waals surface area contributed by atoms with Gasteiger partial charge in [-0.15, -0.1) is 11.8 Å². The SMILES string of the molecule is COc1ccc2c(n1)CN(Cc1ccc(C(=O)O)nc1)CCS2. The van der Waals surface area contributed by atoms with E-state index in [1.165, 1.54) is 4.90 Å². The fourth-order valence-corrected chi connectivity index (χ4v) is 3.45. The van der Waals surface area contributed by atoms with E-state index in [9.17, 15) is 4.79 Å². The number of aromatic nitrogens is 2. The van der Waals surface area contributed by atoms with Crippen LogP contribution < -0.4 is 4.74 Å². The molecule has 2 aromatic heterocycles. The Morgan fingerprint density at radius 1 is 1.39 bits per heavy atom. The van der Waals surface area contributed by atoms with E-state index in [1.807, 2.05) is 12.1 Å². The summed E-state index contributed by atoms with van der Waals surface area (Å²) >= 11 is 1.80. The number of aromatic carboxylic acids is 1. The van der Waals surface area contributed by atoms with Crippen molar-refractivity contribution in [3.8, 4) is 5.88 Å². The molecule has 0 radical (unpaired) electrons. The number of methoxy groups -OCH3 is 1. The second-order valence-corrected chi connectivity index (χ2v) is 6.35. The maximum atomic E-state index is 10.8. The molecule has 1 N–H and O–H groups in total. The predicted octanol–water partition coefficient (Wildman–Crippen LogP) is 2.29. The average molecular weight is 331 g/mol. The lowest BCUT2D eigenvalue weighted by atomic mass is 10.2. The van der Waals surface area contributed by atoms with Crippen molar-refractivity contribution >= 4 is 17.7 Å². The summed E-state index contributed by atoms with van der Waals surface area (Å²) in [5.74, 6) is 0.605. The first-order chi connectivity index (χ1) is 11.2. The van der Waals surface area contributed by atoms with Crippen molar-refractivity contribution in [2.24, 2.45) is 0 Å². The third-order valence-corrected chi connectivity index (χ3v) is 4.67. The average Bonchev–Trinajstić information content (AvgIpc) is 2.76. The maximum absolute atomic E-state index is 10.8. The Bertz CT molecular complexity index is 706. The third-order valence-electron chi connectivity index (χ3n) is 3.60. The van der Waals surface area contributed by atoms with Crippen LogP contribution in [0, 0.1) is 0 Å². The largest absolute Gasteiger partial charge is 0.481 e. The van der Waals surface area contributed by atoms with Crippen LogP contribution in [0.25, 0.3) is 0 Å². The molecule has 0 bridgehead atoms. The van der Waals surface area contributed by atoms with Crippen LogP contribution in [0.1, 0.15) is 21.7 Å². The van der Waals surface area contributed by atoms with Crippen molar-refractivity contribution in [2.45, 2.75) is 18.0 Å². The highest BCUT2D eigenvalue weighted by atomic mass is 32.2. The van der Waals surface area contributed by atoms with Crippen molar-refractivity contribution in [1.82, 2.24) is 14.9 Å². The fourth-order valence-electron chi connectivity index (χ4n) is 2.44. The van der Waals surface area contributed by atoms with Crippen molar-refractivity contribution in [2.75, 3.05) is 19.4 Å². The van der Waals surface area contributed by atoms with E-state index in [4.69, 9.17) is 9.84 Å². The van der Waals surface area contributed by atoms with Crippen LogP contribution in [0.2, 0.25) is 0 Å². The van der Waals surface area contributed by atoms with Crippen molar-refractivity contribution < 1.29 is 14.6 Å². The Balaban J connectivity index is 1.74. The summed E-state index contributed by atoms with van der Waals surface area (Å²) in [6, 6.07) is 7.29. The van der Waals surface area contributed by atoms with Gasteiger partial charge in [-0.25, -0.2) is 14.8 Å². The summed E-state index contributed by atoms with van der Waals surface area (Å²) < 4.78 is 5.21. The van der Waals surface area contributed by atoms with Crippen LogP contribution in [0.3, 0.4) is 0 Å². The van der Waals surface area contributed by atoms with Gasteiger partial charge in [-0.05, 0) is 17.7 Å². The summed E-state index contributed by atoms with van der Waals surface area (Å²) in [6.07, 6.45) is 1.63. The van der Waals surface area contributed by atoms with E-state index in [2.05, 4.69) is 20.9 Å². The van der Waals surface area contributed by atoms with E-state index >= 15 is 0 Å². The third kappa shape index (κ3) is 3.80. The Kier molecular flexibility index (Phi) is 4.78. The number of carboxylic acids is 1. The van der Waals surface area contributed by atoms with E-state index in [1.54, 1.807) is 31.1 Å². The Morgan fingerprint density at radius 2 is 2.26 bits per heavy atom. The summed E-state index contributed by atoms with van der Waals surface area (Å²) in [5, 5.41) is 8.90. The quantitative estimate of drug-likeness (QED) is 0.921. The molecule has 1 aliphatic heterocycles. The van der Waals surface area contributed by atoms with Gasteiger partial charge in [-0.3, -0.25) is 4.90 Å². The Hall–Kier alpha value is -2.12. The van der Waals surface area contributed by atoms with Crippen LogP contribution in [0.5, 0.6) is 5.88 Å². The lowest BCUT2D eigenvalue weighted by Gasteiger charge is -2.19. The molecule has 0 aliphatic carbocycles. The molecule has 0 spiro atoms. The molecule has 3 heterocycles. The highest BCUT2D eigenvalue weighted by molar-refractivity contribution is 7.99. The zero-order chi connectivity index (χ0) is 16.2. The number of nitrogens with zero attached hydrogens (tertiary/aromatic N) is 3. The van der Waals surface area contributed by atoms with Gasteiger partial charge in [0.25, 0.3) is 0 Å². The highest BCUT2D eigenvalue weighted by Gasteiger charge is 2.17. The first-order valence-corrected chi connectivity index (χ1v) is 8.21. The lowest BCUT2D eigenvalue weighted by molar-refractivity contribution is 0.0690. The Morgan fingerprint density at radius 3 is 2.96 bits per heavy atom. The zero-order valence-corrected chi connectivity index (χ0v) is 13.5. The van der Waals surface area contributed by atoms with E-state index in [0.717, 1.165) is 30.1 Å². The molecule has 6 nitrogen and oxygen atoms in total. The van der Waals surface area contributed by atoms with Gasteiger partial charge in [0.1, 0.15) is 5.69 Å². The molecular weight excluding hydrogens is 314 g/mol. The second-order valence-electron chi connectivity index (χ2n) is 5.21. The monoisotopic (exact) mass is 331 g/mol. The minimum atomic E-state index is -1.01. The predicted molar refractivity (Wildman–Crippen MR) is 86.8 cm³/mol. The van der Waals surface area contributed by atoms with Crippen LogP contribution in [0.4, 0.5) is 0 Å². The second kappa shape index (κ2) is 6.97. The molecule has 0 aromatic carbocycles. The van der Waals surface area contributed by atoms with Crippen LogP contribution >= 0.6 is 11.8 Å². The number of fused-ring (bicyclic) bond motifs is 1. The molecule has 1 aliphatic rings. The van der Waals surface area contributed by atoms with Crippen LogP contribution in [-0.4, -0.2) is 45.4 Å². The van der Waals surface area contributed by atoms with Gasteiger partial charge < -0.3 is 9.84 Å². The minimum Gasteiger partial charge on any atom is -0.481 e. The van der Waals surface area contributed by atoms with Crippen LogP contribution in [0.15, 0.2) is 35.4 Å². The number of thioether (sulfide) groups is 1. The summed E-state index contributed by atoms with van der Waals surface area (Å²) in [4.78, 5) is 22.8. The number of ether oxygens (including phenoxy) is 1. The van der Waals surface area contributed by atoms with Gasteiger partial charge >= 0.3 is 5.97 Å². The molecule has 7 heteroatoms. The molecule has 23 heavy (non-hydrogen) atoms. The van der Waals surface area contributed by atoms with E-state index in [0.29, 0.717) is 12.4 Å². The number of hydrogen-bond acceptors (Lipinski definition) is 6. The lowest BCUT2D eigenvalue weighted by Crippen LogP contribution is -2.24. The summed E-state index contributed by atoms with van der Waals surface area (Å²) in [5.41, 5.74) is 2.07.